The van der Waals surface area contributed by atoms with Gasteiger partial charge in [0.05, 0.1) is 7.11 Å². The molecule has 0 radical (unpaired) electrons. The second-order valence-corrected chi connectivity index (χ2v) is 6.40. The van der Waals surface area contributed by atoms with Crippen LogP contribution in [0.3, 0.4) is 0 Å². The summed E-state index contributed by atoms with van der Waals surface area (Å²) in [5, 5.41) is 18.3. The van der Waals surface area contributed by atoms with Gasteiger partial charge in [0.15, 0.2) is 0 Å². The molecule has 3 heteroatoms. The highest BCUT2D eigenvalue weighted by atomic mass is 16.5. The molecule has 0 unspecified atom stereocenters. The van der Waals surface area contributed by atoms with Crippen LogP contribution in [0.2, 0.25) is 0 Å². The zero-order valence-corrected chi connectivity index (χ0v) is 14.7. The molecule has 0 spiro atoms. The van der Waals surface area contributed by atoms with E-state index in [0.29, 0.717) is 12.4 Å². The van der Waals surface area contributed by atoms with E-state index in [-0.39, 0.29) is 0 Å². The summed E-state index contributed by atoms with van der Waals surface area (Å²) < 4.78 is 5.18. The van der Waals surface area contributed by atoms with Gasteiger partial charge in [-0.1, -0.05) is 57.8 Å². The Labute approximate surface area is 141 Å². The number of phenolic OH excluding ortho intramolecular Hbond substituents is 1. The summed E-state index contributed by atoms with van der Waals surface area (Å²) in [7, 11) is 1.63. The number of hydrogen-bond acceptors (Lipinski definition) is 3. The van der Waals surface area contributed by atoms with Crippen molar-refractivity contribution in [2.24, 2.45) is 0 Å². The van der Waals surface area contributed by atoms with Gasteiger partial charge in [0.2, 0.25) is 0 Å². The van der Waals surface area contributed by atoms with Crippen molar-refractivity contribution in [1.82, 2.24) is 0 Å². The van der Waals surface area contributed by atoms with Crippen LogP contribution < -0.4 is 4.74 Å². The minimum Gasteiger partial charge on any atom is -0.508 e. The summed E-state index contributed by atoms with van der Waals surface area (Å²) in [5.41, 5.74) is 1.16. The molecule has 0 heterocycles. The number of ether oxygens (including phenoxy) is 1. The average Bonchev–Trinajstić information content (AvgIpc) is 2.55. The number of unbranched alkanes of at least 4 members (excludes halogenated alkanes) is 10. The molecule has 0 amide bonds. The molecule has 0 fully saturated rings. The van der Waals surface area contributed by atoms with Crippen LogP contribution in [0.5, 0.6) is 11.5 Å². The third kappa shape index (κ3) is 10.2. The molecule has 3 nitrogen and oxygen atoms in total. The van der Waals surface area contributed by atoms with E-state index in [1.165, 1.54) is 64.2 Å². The summed E-state index contributed by atoms with van der Waals surface area (Å²) in [5.74, 6) is 1.03. The Morgan fingerprint density at radius 2 is 1.26 bits per heavy atom. The molecule has 2 N–H and O–H groups in total. The third-order valence-corrected chi connectivity index (χ3v) is 4.31. The molecule has 0 aromatic heterocycles. The number of aliphatic hydroxyl groups excluding tert-OH is 1. The normalized spacial score (nSPS) is 10.9. The average molecular weight is 322 g/mol. The third-order valence-electron chi connectivity index (χ3n) is 4.31. The zero-order valence-electron chi connectivity index (χ0n) is 14.7. The lowest BCUT2D eigenvalue weighted by Crippen LogP contribution is -1.89. The molecule has 23 heavy (non-hydrogen) atoms. The number of hydrogen-bond donors (Lipinski definition) is 2. The Hall–Kier alpha value is -1.22. The van der Waals surface area contributed by atoms with Gasteiger partial charge < -0.3 is 14.9 Å². The maximum Gasteiger partial charge on any atom is 0.122 e. The SMILES string of the molecule is COc1cc(O)cc(CCCCCCCCCCCCCO)c1. The van der Waals surface area contributed by atoms with E-state index in [2.05, 4.69) is 0 Å². The molecule has 0 aliphatic heterocycles. The van der Waals surface area contributed by atoms with E-state index in [1.807, 2.05) is 12.1 Å². The summed E-state index contributed by atoms with van der Waals surface area (Å²) in [6.45, 7) is 0.343. The van der Waals surface area contributed by atoms with Crippen molar-refractivity contribution in [3.8, 4) is 11.5 Å². The smallest absolute Gasteiger partial charge is 0.122 e. The number of aromatic hydroxyl groups is 1. The van der Waals surface area contributed by atoms with Crippen molar-refractivity contribution < 1.29 is 14.9 Å². The first kappa shape index (κ1) is 19.8. The minimum atomic E-state index is 0.290. The fourth-order valence-corrected chi connectivity index (χ4v) is 2.94. The van der Waals surface area contributed by atoms with Gasteiger partial charge >= 0.3 is 0 Å². The number of aryl methyl sites for hydroxylation is 1. The van der Waals surface area contributed by atoms with E-state index >= 15 is 0 Å². The molecule has 0 atom stereocenters. The zero-order chi connectivity index (χ0) is 16.8. The summed E-state index contributed by atoms with van der Waals surface area (Å²) >= 11 is 0. The number of methoxy groups -OCH3 is 1. The van der Waals surface area contributed by atoms with Crippen LogP contribution in [0, 0.1) is 0 Å². The van der Waals surface area contributed by atoms with Gasteiger partial charge in [-0.2, -0.15) is 0 Å². The first-order valence-electron chi connectivity index (χ1n) is 9.24. The second-order valence-electron chi connectivity index (χ2n) is 6.40. The Bertz CT molecular complexity index is 404. The van der Waals surface area contributed by atoms with Crippen molar-refractivity contribution in [3.05, 3.63) is 23.8 Å². The van der Waals surface area contributed by atoms with Crippen LogP contribution in [0.15, 0.2) is 18.2 Å². The number of aliphatic hydroxyl groups is 1. The number of rotatable bonds is 14. The monoisotopic (exact) mass is 322 g/mol. The van der Waals surface area contributed by atoms with E-state index in [9.17, 15) is 5.11 Å². The van der Waals surface area contributed by atoms with Crippen LogP contribution in [-0.2, 0) is 6.42 Å². The Morgan fingerprint density at radius 1 is 0.739 bits per heavy atom. The highest BCUT2D eigenvalue weighted by Gasteiger charge is 2.01. The highest BCUT2D eigenvalue weighted by molar-refractivity contribution is 5.37. The van der Waals surface area contributed by atoms with Gasteiger partial charge in [-0.25, -0.2) is 0 Å². The van der Waals surface area contributed by atoms with Gasteiger partial charge in [-0.3, -0.25) is 0 Å². The summed E-state index contributed by atoms with van der Waals surface area (Å²) in [6, 6.07) is 5.49. The molecule has 132 valence electrons. The van der Waals surface area contributed by atoms with Gasteiger partial charge in [-0.15, -0.1) is 0 Å². The lowest BCUT2D eigenvalue weighted by molar-refractivity contribution is 0.282. The fourth-order valence-electron chi connectivity index (χ4n) is 2.94. The van der Waals surface area contributed by atoms with Crippen LogP contribution in [0.25, 0.3) is 0 Å². The molecule has 0 aliphatic rings. The Balaban J connectivity index is 1.94. The van der Waals surface area contributed by atoms with Gasteiger partial charge in [0, 0.05) is 12.7 Å². The molecule has 0 bridgehead atoms. The molecule has 0 aliphatic carbocycles. The van der Waals surface area contributed by atoms with Crippen molar-refractivity contribution in [2.75, 3.05) is 13.7 Å². The molecule has 0 saturated carbocycles. The van der Waals surface area contributed by atoms with E-state index in [0.717, 1.165) is 24.2 Å². The molecule has 1 rings (SSSR count). The predicted octanol–water partition coefficient (Wildman–Crippen LogP) is 5.23. The Kier molecular flexibility index (Phi) is 11.4. The lowest BCUT2D eigenvalue weighted by Gasteiger charge is -2.06. The maximum absolute atomic E-state index is 9.62. The van der Waals surface area contributed by atoms with E-state index < -0.39 is 0 Å². The van der Waals surface area contributed by atoms with Gasteiger partial charge in [0.25, 0.3) is 0 Å². The van der Waals surface area contributed by atoms with Crippen molar-refractivity contribution >= 4 is 0 Å². The molecule has 1 aromatic carbocycles. The van der Waals surface area contributed by atoms with Crippen LogP contribution in [0.1, 0.15) is 76.2 Å². The number of phenols is 1. The van der Waals surface area contributed by atoms with Crippen molar-refractivity contribution in [1.29, 1.82) is 0 Å². The lowest BCUT2D eigenvalue weighted by atomic mass is 10.0. The quantitative estimate of drug-likeness (QED) is 0.461. The second kappa shape index (κ2) is 13.2. The van der Waals surface area contributed by atoms with Gasteiger partial charge in [-0.05, 0) is 37.0 Å². The van der Waals surface area contributed by atoms with Crippen molar-refractivity contribution in [3.63, 3.8) is 0 Å². The van der Waals surface area contributed by atoms with E-state index in [4.69, 9.17) is 9.84 Å². The van der Waals surface area contributed by atoms with Crippen LogP contribution in [0.4, 0.5) is 0 Å². The highest BCUT2D eigenvalue weighted by Crippen LogP contribution is 2.23. The summed E-state index contributed by atoms with van der Waals surface area (Å²) in [6.07, 6.45) is 14.9. The van der Waals surface area contributed by atoms with Crippen LogP contribution >= 0.6 is 0 Å². The van der Waals surface area contributed by atoms with Gasteiger partial charge in [0.1, 0.15) is 11.5 Å². The summed E-state index contributed by atoms with van der Waals surface area (Å²) in [4.78, 5) is 0. The molecular weight excluding hydrogens is 288 g/mol. The van der Waals surface area contributed by atoms with Crippen LogP contribution in [-0.4, -0.2) is 23.9 Å². The topological polar surface area (TPSA) is 49.7 Å². The fraction of sp³-hybridized carbons (Fsp3) is 0.700. The predicted molar refractivity (Wildman–Crippen MR) is 96.2 cm³/mol. The first-order chi connectivity index (χ1) is 11.3. The molecule has 0 saturated heterocycles. The first-order valence-corrected chi connectivity index (χ1v) is 9.24. The van der Waals surface area contributed by atoms with E-state index in [1.54, 1.807) is 13.2 Å². The van der Waals surface area contributed by atoms with Crippen molar-refractivity contribution in [2.45, 2.75) is 77.0 Å². The maximum atomic E-state index is 9.62. The molecular formula is C20H34O3. The largest absolute Gasteiger partial charge is 0.508 e. The number of benzene rings is 1. The standard InChI is InChI=1S/C20H34O3/c1-23-20-16-18(15-19(22)17-20)13-11-9-7-5-3-2-4-6-8-10-12-14-21/h15-17,21-22H,2-14H2,1H3. The Morgan fingerprint density at radius 3 is 1.78 bits per heavy atom. The minimum absolute atomic E-state index is 0.290. The molecule has 1 aromatic rings.